The first-order valence-electron chi connectivity index (χ1n) is 9.01. The van der Waals surface area contributed by atoms with Crippen molar-refractivity contribution < 1.29 is 14.3 Å². The SMILES string of the molecule is O=C(C1CCCC1)N(Cc1ccccc1)Cc1ccc2c(c1)OCO2. The molecule has 4 rings (SSSR count). The Kier molecular flexibility index (Phi) is 4.59. The molecule has 0 N–H and O–H groups in total. The van der Waals surface area contributed by atoms with E-state index < -0.39 is 0 Å². The molecule has 0 unspecified atom stereocenters. The molecule has 4 heteroatoms. The highest BCUT2D eigenvalue weighted by atomic mass is 16.7. The van der Waals surface area contributed by atoms with Gasteiger partial charge in [0.05, 0.1) is 0 Å². The molecule has 25 heavy (non-hydrogen) atoms. The summed E-state index contributed by atoms with van der Waals surface area (Å²) in [7, 11) is 0. The normalized spacial score (nSPS) is 16.2. The number of fused-ring (bicyclic) bond motifs is 1. The van der Waals surface area contributed by atoms with Gasteiger partial charge >= 0.3 is 0 Å². The molecule has 1 aliphatic heterocycles. The largest absolute Gasteiger partial charge is 0.454 e. The smallest absolute Gasteiger partial charge is 0.231 e. The Balaban J connectivity index is 1.54. The van der Waals surface area contributed by atoms with Crippen LogP contribution in [0.1, 0.15) is 36.8 Å². The standard InChI is InChI=1S/C21H23NO3/c23-21(18-8-4-5-9-18)22(13-16-6-2-1-3-7-16)14-17-10-11-19-20(12-17)25-15-24-19/h1-3,6-7,10-12,18H,4-5,8-9,13-15H2. The number of carbonyl (C=O) groups is 1. The Morgan fingerprint density at radius 1 is 0.920 bits per heavy atom. The van der Waals surface area contributed by atoms with Crippen molar-refractivity contribution in [3.63, 3.8) is 0 Å². The van der Waals surface area contributed by atoms with Crippen molar-refractivity contribution >= 4 is 5.91 Å². The molecule has 1 aliphatic carbocycles. The van der Waals surface area contributed by atoms with Crippen molar-refractivity contribution in [2.45, 2.75) is 38.8 Å². The number of amides is 1. The number of ether oxygens (including phenoxy) is 2. The fourth-order valence-corrected chi connectivity index (χ4v) is 3.71. The van der Waals surface area contributed by atoms with Crippen LogP contribution in [-0.4, -0.2) is 17.6 Å². The van der Waals surface area contributed by atoms with Crippen LogP contribution in [0.3, 0.4) is 0 Å². The van der Waals surface area contributed by atoms with Gasteiger partial charge in [0.2, 0.25) is 12.7 Å². The molecule has 0 aromatic heterocycles. The third-order valence-electron chi connectivity index (χ3n) is 5.04. The molecule has 1 saturated carbocycles. The molecule has 1 amide bonds. The molecule has 0 radical (unpaired) electrons. The third kappa shape index (κ3) is 3.63. The number of carbonyl (C=O) groups excluding carboxylic acids is 1. The lowest BCUT2D eigenvalue weighted by molar-refractivity contribution is -0.136. The number of hydrogen-bond acceptors (Lipinski definition) is 3. The molecule has 1 fully saturated rings. The van der Waals surface area contributed by atoms with Crippen LogP contribution >= 0.6 is 0 Å². The number of rotatable bonds is 5. The van der Waals surface area contributed by atoms with Crippen LogP contribution in [0.25, 0.3) is 0 Å². The zero-order chi connectivity index (χ0) is 17.1. The van der Waals surface area contributed by atoms with Crippen LogP contribution in [0.15, 0.2) is 48.5 Å². The van der Waals surface area contributed by atoms with E-state index in [1.807, 2.05) is 41.3 Å². The fourth-order valence-electron chi connectivity index (χ4n) is 3.71. The number of nitrogens with zero attached hydrogens (tertiary/aromatic N) is 1. The Hall–Kier alpha value is -2.49. The summed E-state index contributed by atoms with van der Waals surface area (Å²) in [5, 5.41) is 0. The van der Waals surface area contributed by atoms with E-state index in [1.165, 1.54) is 12.8 Å². The van der Waals surface area contributed by atoms with E-state index in [2.05, 4.69) is 12.1 Å². The highest BCUT2D eigenvalue weighted by molar-refractivity contribution is 5.79. The van der Waals surface area contributed by atoms with Gasteiger partial charge in [-0.05, 0) is 36.1 Å². The van der Waals surface area contributed by atoms with Gasteiger partial charge in [-0.1, -0.05) is 49.2 Å². The zero-order valence-electron chi connectivity index (χ0n) is 14.3. The van der Waals surface area contributed by atoms with Crippen molar-refractivity contribution in [2.24, 2.45) is 5.92 Å². The fraction of sp³-hybridized carbons (Fsp3) is 0.381. The van der Waals surface area contributed by atoms with Crippen LogP contribution in [0.4, 0.5) is 0 Å². The van der Waals surface area contributed by atoms with E-state index in [-0.39, 0.29) is 18.6 Å². The van der Waals surface area contributed by atoms with Crippen molar-refractivity contribution in [2.75, 3.05) is 6.79 Å². The predicted octanol–water partition coefficient (Wildman–Crippen LogP) is 4.13. The maximum atomic E-state index is 13.1. The van der Waals surface area contributed by atoms with Gasteiger partial charge in [-0.25, -0.2) is 0 Å². The van der Waals surface area contributed by atoms with Gasteiger partial charge in [-0.2, -0.15) is 0 Å². The molecular weight excluding hydrogens is 314 g/mol. The van der Waals surface area contributed by atoms with E-state index in [1.54, 1.807) is 0 Å². The maximum Gasteiger partial charge on any atom is 0.231 e. The second kappa shape index (κ2) is 7.18. The molecule has 130 valence electrons. The quantitative estimate of drug-likeness (QED) is 0.823. The molecule has 0 saturated heterocycles. The third-order valence-corrected chi connectivity index (χ3v) is 5.04. The first-order chi connectivity index (χ1) is 12.3. The minimum atomic E-state index is 0.178. The Morgan fingerprint density at radius 3 is 2.44 bits per heavy atom. The lowest BCUT2D eigenvalue weighted by Crippen LogP contribution is -2.34. The molecule has 2 aromatic carbocycles. The van der Waals surface area contributed by atoms with Gasteiger partial charge in [-0.3, -0.25) is 4.79 Å². The van der Waals surface area contributed by atoms with E-state index in [4.69, 9.17) is 9.47 Å². The number of benzene rings is 2. The van der Waals surface area contributed by atoms with Crippen molar-refractivity contribution in [3.8, 4) is 11.5 Å². The minimum Gasteiger partial charge on any atom is -0.454 e. The maximum absolute atomic E-state index is 13.1. The highest BCUT2D eigenvalue weighted by Crippen LogP contribution is 2.33. The topological polar surface area (TPSA) is 38.8 Å². The predicted molar refractivity (Wildman–Crippen MR) is 95.2 cm³/mol. The Morgan fingerprint density at radius 2 is 1.64 bits per heavy atom. The summed E-state index contributed by atoms with van der Waals surface area (Å²) in [6.45, 7) is 1.51. The molecule has 0 spiro atoms. The second-order valence-electron chi connectivity index (χ2n) is 6.85. The van der Waals surface area contributed by atoms with Gasteiger partial charge < -0.3 is 14.4 Å². The summed E-state index contributed by atoms with van der Waals surface area (Å²) in [5.41, 5.74) is 2.24. The lowest BCUT2D eigenvalue weighted by Gasteiger charge is -2.26. The minimum absolute atomic E-state index is 0.178. The molecule has 0 bridgehead atoms. The molecule has 0 atom stereocenters. The molecule has 2 aliphatic rings. The average Bonchev–Trinajstić information content (AvgIpc) is 3.33. The monoisotopic (exact) mass is 337 g/mol. The highest BCUT2D eigenvalue weighted by Gasteiger charge is 2.27. The van der Waals surface area contributed by atoms with Crippen LogP contribution in [0, 0.1) is 5.92 Å². The lowest BCUT2D eigenvalue weighted by atomic mass is 10.0. The summed E-state index contributed by atoms with van der Waals surface area (Å²) < 4.78 is 10.9. The van der Waals surface area contributed by atoms with Gasteiger partial charge in [0.15, 0.2) is 11.5 Å². The van der Waals surface area contributed by atoms with Crippen LogP contribution in [0.2, 0.25) is 0 Å². The summed E-state index contributed by atoms with van der Waals surface area (Å²) in [6, 6.07) is 16.1. The summed E-state index contributed by atoms with van der Waals surface area (Å²) in [4.78, 5) is 15.0. The first kappa shape index (κ1) is 16.0. The van der Waals surface area contributed by atoms with Gasteiger partial charge in [0.25, 0.3) is 0 Å². The number of hydrogen-bond donors (Lipinski definition) is 0. The molecule has 2 aromatic rings. The van der Waals surface area contributed by atoms with Gasteiger partial charge in [0, 0.05) is 19.0 Å². The van der Waals surface area contributed by atoms with E-state index in [0.717, 1.165) is 35.5 Å². The van der Waals surface area contributed by atoms with Crippen molar-refractivity contribution in [1.29, 1.82) is 0 Å². The Bertz CT molecular complexity index is 738. The van der Waals surface area contributed by atoms with Crippen LogP contribution in [0.5, 0.6) is 11.5 Å². The molecule has 4 nitrogen and oxygen atoms in total. The molecule has 1 heterocycles. The van der Waals surface area contributed by atoms with Gasteiger partial charge in [0.1, 0.15) is 0 Å². The zero-order valence-corrected chi connectivity index (χ0v) is 14.3. The van der Waals surface area contributed by atoms with E-state index >= 15 is 0 Å². The Labute approximate surface area is 148 Å². The van der Waals surface area contributed by atoms with E-state index in [9.17, 15) is 4.79 Å². The summed E-state index contributed by atoms with van der Waals surface area (Å²) in [6.07, 6.45) is 4.37. The van der Waals surface area contributed by atoms with Crippen molar-refractivity contribution in [1.82, 2.24) is 4.90 Å². The van der Waals surface area contributed by atoms with Crippen LogP contribution < -0.4 is 9.47 Å². The second-order valence-corrected chi connectivity index (χ2v) is 6.85. The molecular formula is C21H23NO3. The first-order valence-corrected chi connectivity index (χ1v) is 9.01. The van der Waals surface area contributed by atoms with Crippen molar-refractivity contribution in [3.05, 3.63) is 59.7 Å². The average molecular weight is 337 g/mol. The van der Waals surface area contributed by atoms with E-state index in [0.29, 0.717) is 13.1 Å². The summed E-state index contributed by atoms with van der Waals surface area (Å²) >= 11 is 0. The van der Waals surface area contributed by atoms with Crippen LogP contribution in [-0.2, 0) is 17.9 Å². The van der Waals surface area contributed by atoms with Gasteiger partial charge in [-0.15, -0.1) is 0 Å². The summed E-state index contributed by atoms with van der Waals surface area (Å²) in [5.74, 6) is 2.00.